The molecule has 0 fully saturated rings. The Balaban J connectivity index is 0.000000185. The van der Waals surface area contributed by atoms with Gasteiger partial charge in [-0.15, -0.1) is 0 Å². The van der Waals surface area contributed by atoms with Gasteiger partial charge in [0.25, 0.3) is 0 Å². The molecule has 0 aliphatic heterocycles. The van der Waals surface area contributed by atoms with Crippen molar-refractivity contribution in [1.82, 2.24) is 14.8 Å². The second-order valence-electron chi connectivity index (χ2n) is 9.02. The van der Waals surface area contributed by atoms with Gasteiger partial charge < -0.3 is 10.2 Å². The summed E-state index contributed by atoms with van der Waals surface area (Å²) in [6.07, 6.45) is 13.3. The number of nitriles is 1. The lowest BCUT2D eigenvalue weighted by Crippen LogP contribution is -2.02. The maximum absolute atomic E-state index is 9.24. The van der Waals surface area contributed by atoms with Gasteiger partial charge in [-0.05, 0) is 41.8 Å². The van der Waals surface area contributed by atoms with Crippen LogP contribution in [0, 0.1) is 11.3 Å². The van der Waals surface area contributed by atoms with Crippen LogP contribution in [0.2, 0.25) is 0 Å². The van der Waals surface area contributed by atoms with E-state index in [0.29, 0.717) is 22.6 Å². The van der Waals surface area contributed by atoms with Gasteiger partial charge in [-0.25, -0.2) is 4.98 Å². The van der Waals surface area contributed by atoms with Gasteiger partial charge in [-0.1, -0.05) is 91.5 Å². The maximum Gasteiger partial charge on any atom is 0.142 e. The van der Waals surface area contributed by atoms with Crippen molar-refractivity contribution in [3.63, 3.8) is 0 Å². The standard InChI is InChI=1S/C20H20.C14H11N5O/c1-3-4-7-12-17(2)20(18-13-8-5-9-14-18)19-15-10-6-11-16-19;1-19-8-9(7-17-19)12-5-10(13-3-2-4-20-13)11(6-15)14(16)18-12/h3-16,20H,2H2,1H3;2-5,7-8H,1H3,(H2,16,18)/b4-3-,12-7-;. The zero-order valence-electron chi connectivity index (χ0n) is 22.6. The lowest BCUT2D eigenvalue weighted by molar-refractivity contribution is 0.582. The van der Waals surface area contributed by atoms with Crippen molar-refractivity contribution in [2.24, 2.45) is 7.05 Å². The van der Waals surface area contributed by atoms with E-state index in [1.165, 1.54) is 11.1 Å². The first-order valence-electron chi connectivity index (χ1n) is 12.8. The molecule has 3 aromatic heterocycles. The van der Waals surface area contributed by atoms with E-state index in [1.54, 1.807) is 35.3 Å². The Morgan fingerprint density at radius 3 is 2.23 bits per heavy atom. The van der Waals surface area contributed by atoms with Crippen LogP contribution in [0.1, 0.15) is 29.5 Å². The van der Waals surface area contributed by atoms with Crippen LogP contribution < -0.4 is 5.73 Å². The van der Waals surface area contributed by atoms with Crippen LogP contribution in [-0.4, -0.2) is 14.8 Å². The number of anilines is 1. The van der Waals surface area contributed by atoms with Crippen LogP contribution >= 0.6 is 0 Å². The van der Waals surface area contributed by atoms with Crippen LogP contribution in [0.3, 0.4) is 0 Å². The average Bonchev–Trinajstić information content (AvgIpc) is 3.67. The molecular formula is C34H31N5O. The molecule has 2 N–H and O–H groups in total. The quantitative estimate of drug-likeness (QED) is 0.220. The molecule has 0 saturated heterocycles. The first-order chi connectivity index (χ1) is 19.5. The van der Waals surface area contributed by atoms with E-state index in [0.717, 1.165) is 11.1 Å². The summed E-state index contributed by atoms with van der Waals surface area (Å²) in [5, 5.41) is 13.3. The van der Waals surface area contributed by atoms with E-state index >= 15 is 0 Å². The molecule has 0 saturated carbocycles. The van der Waals surface area contributed by atoms with Gasteiger partial charge >= 0.3 is 0 Å². The Labute approximate surface area is 235 Å². The summed E-state index contributed by atoms with van der Waals surface area (Å²) in [5.74, 6) is 0.972. The Morgan fingerprint density at radius 1 is 1.02 bits per heavy atom. The normalized spacial score (nSPS) is 10.9. The maximum atomic E-state index is 9.24. The van der Waals surface area contributed by atoms with Crippen molar-refractivity contribution in [1.29, 1.82) is 5.26 Å². The molecule has 0 atom stereocenters. The highest BCUT2D eigenvalue weighted by molar-refractivity contribution is 5.77. The number of allylic oxidation sites excluding steroid dienone is 5. The summed E-state index contributed by atoms with van der Waals surface area (Å²) < 4.78 is 7.04. The topological polar surface area (TPSA) is 93.7 Å². The van der Waals surface area contributed by atoms with Crippen LogP contribution in [0.25, 0.3) is 22.6 Å². The van der Waals surface area contributed by atoms with E-state index in [2.05, 4.69) is 77.3 Å². The van der Waals surface area contributed by atoms with E-state index < -0.39 is 0 Å². The summed E-state index contributed by atoms with van der Waals surface area (Å²) in [7, 11) is 1.82. The molecular weight excluding hydrogens is 494 g/mol. The summed E-state index contributed by atoms with van der Waals surface area (Å²) in [6.45, 7) is 6.27. The zero-order chi connectivity index (χ0) is 28.3. The van der Waals surface area contributed by atoms with Crippen molar-refractivity contribution in [3.05, 3.63) is 151 Å². The van der Waals surface area contributed by atoms with Crippen molar-refractivity contribution in [3.8, 4) is 28.7 Å². The largest absolute Gasteiger partial charge is 0.464 e. The van der Waals surface area contributed by atoms with E-state index in [-0.39, 0.29) is 11.7 Å². The minimum Gasteiger partial charge on any atom is -0.464 e. The molecule has 0 aliphatic carbocycles. The highest BCUT2D eigenvalue weighted by Gasteiger charge is 2.16. The molecule has 2 aromatic carbocycles. The van der Waals surface area contributed by atoms with Crippen molar-refractivity contribution in [2.45, 2.75) is 12.8 Å². The molecule has 0 spiro atoms. The number of furan rings is 1. The third-order valence-electron chi connectivity index (χ3n) is 6.20. The lowest BCUT2D eigenvalue weighted by Gasteiger charge is -2.18. The Bertz CT molecular complexity index is 1600. The summed E-state index contributed by atoms with van der Waals surface area (Å²) in [5.41, 5.74) is 11.9. The van der Waals surface area contributed by atoms with Gasteiger partial charge in [0.05, 0.1) is 18.2 Å². The second-order valence-corrected chi connectivity index (χ2v) is 9.02. The molecule has 0 amide bonds. The zero-order valence-corrected chi connectivity index (χ0v) is 22.6. The fourth-order valence-electron chi connectivity index (χ4n) is 4.31. The molecule has 0 bridgehead atoms. The first kappa shape index (κ1) is 27.6. The molecule has 6 nitrogen and oxygen atoms in total. The van der Waals surface area contributed by atoms with E-state index in [4.69, 9.17) is 10.2 Å². The number of pyridine rings is 1. The smallest absolute Gasteiger partial charge is 0.142 e. The highest BCUT2D eigenvalue weighted by atomic mass is 16.3. The van der Waals surface area contributed by atoms with Crippen molar-refractivity contribution in [2.75, 3.05) is 5.73 Å². The van der Waals surface area contributed by atoms with Crippen LogP contribution in [-0.2, 0) is 7.05 Å². The molecule has 6 heteroatoms. The molecule has 0 radical (unpaired) electrons. The van der Waals surface area contributed by atoms with Gasteiger partial charge in [0.1, 0.15) is 23.2 Å². The molecule has 0 unspecified atom stereocenters. The number of nitrogens with zero attached hydrogens (tertiary/aromatic N) is 4. The SMILES string of the molecule is C=C(/C=C\C=C/C)C(c1ccccc1)c1ccccc1.Cn1cc(-c2cc(-c3ccco3)c(C#N)c(N)n2)cn1. The summed E-state index contributed by atoms with van der Waals surface area (Å²) >= 11 is 0. The fraction of sp³-hybridized carbons (Fsp3) is 0.0882. The number of hydrogen-bond donors (Lipinski definition) is 1. The molecule has 40 heavy (non-hydrogen) atoms. The van der Waals surface area contributed by atoms with Gasteiger partial charge in [0.15, 0.2) is 0 Å². The van der Waals surface area contributed by atoms with Crippen LogP contribution in [0.4, 0.5) is 5.82 Å². The van der Waals surface area contributed by atoms with Gasteiger partial charge in [-0.2, -0.15) is 10.4 Å². The fourth-order valence-corrected chi connectivity index (χ4v) is 4.31. The van der Waals surface area contributed by atoms with Crippen molar-refractivity contribution < 1.29 is 4.42 Å². The van der Waals surface area contributed by atoms with E-state index in [1.807, 2.05) is 50.5 Å². The number of hydrogen-bond acceptors (Lipinski definition) is 5. The first-order valence-corrected chi connectivity index (χ1v) is 12.8. The predicted octanol–water partition coefficient (Wildman–Crippen LogP) is 7.70. The second kappa shape index (κ2) is 13.4. The predicted molar refractivity (Wildman–Crippen MR) is 161 cm³/mol. The third kappa shape index (κ3) is 6.72. The van der Waals surface area contributed by atoms with Crippen LogP contribution in [0.15, 0.2) is 138 Å². The lowest BCUT2D eigenvalue weighted by atomic mass is 9.85. The molecule has 0 aliphatic rings. The minimum absolute atomic E-state index is 0.181. The number of aromatic nitrogens is 3. The van der Waals surface area contributed by atoms with Crippen LogP contribution in [0.5, 0.6) is 0 Å². The summed E-state index contributed by atoms with van der Waals surface area (Å²) in [6, 6.07) is 28.4. The number of aryl methyl sites for hydroxylation is 1. The molecule has 5 rings (SSSR count). The van der Waals surface area contributed by atoms with Crippen molar-refractivity contribution >= 4 is 5.82 Å². The van der Waals surface area contributed by atoms with Gasteiger partial charge in [-0.3, -0.25) is 4.68 Å². The molecule has 5 aromatic rings. The Hall–Kier alpha value is -5.41. The third-order valence-corrected chi connectivity index (χ3v) is 6.20. The molecule has 198 valence electrons. The number of nitrogen functional groups attached to an aromatic ring is 1. The van der Waals surface area contributed by atoms with E-state index in [9.17, 15) is 5.26 Å². The van der Waals surface area contributed by atoms with Gasteiger partial charge in [0.2, 0.25) is 0 Å². The van der Waals surface area contributed by atoms with Gasteiger partial charge in [0, 0.05) is 30.3 Å². The number of rotatable bonds is 7. The number of benzene rings is 2. The Morgan fingerprint density at radius 2 is 1.70 bits per heavy atom. The highest BCUT2D eigenvalue weighted by Crippen LogP contribution is 2.32. The monoisotopic (exact) mass is 525 g/mol. The average molecular weight is 526 g/mol. The number of nitrogens with two attached hydrogens (primary N) is 1. The summed E-state index contributed by atoms with van der Waals surface area (Å²) in [4.78, 5) is 4.26. The minimum atomic E-state index is 0.181. The Kier molecular flexibility index (Phi) is 9.26. The molecule has 3 heterocycles.